The second-order valence-electron chi connectivity index (χ2n) is 7.37. The summed E-state index contributed by atoms with van der Waals surface area (Å²) in [6, 6.07) is 4.77. The van der Waals surface area contributed by atoms with Gasteiger partial charge in [-0.3, -0.25) is 0 Å². The third-order valence-electron chi connectivity index (χ3n) is 5.39. The molecule has 0 aliphatic carbocycles. The average molecular weight is 365 g/mol. The number of alkyl halides is 3. The number of halogens is 3. The van der Waals surface area contributed by atoms with Gasteiger partial charge in [0.15, 0.2) is 0 Å². The normalized spacial score (nSPS) is 19.6. The van der Waals surface area contributed by atoms with Crippen LogP contribution >= 0.6 is 0 Å². The standard InChI is InChI=1S/C18H22F3N5/c1-22-16-24-14-8-12(9-18(19,20)21)2-3-13(14)15(25-16)26-10-17(11-26)4-6-23-7-5-17/h2-3,8,23H,4-7,9-11H2,1H3,(H,22,24,25). The lowest BCUT2D eigenvalue weighted by molar-refractivity contribution is -0.127. The third kappa shape index (κ3) is 3.30. The Bertz CT molecular complexity index is 806. The number of hydrogen-bond donors (Lipinski definition) is 2. The van der Waals surface area contributed by atoms with Crippen molar-refractivity contribution in [2.75, 3.05) is 43.4 Å². The Hall–Kier alpha value is -2.09. The summed E-state index contributed by atoms with van der Waals surface area (Å²) in [7, 11) is 1.72. The molecule has 2 aliphatic rings. The van der Waals surface area contributed by atoms with Gasteiger partial charge in [0.25, 0.3) is 0 Å². The van der Waals surface area contributed by atoms with Crippen LogP contribution in [-0.2, 0) is 6.42 Å². The number of piperidine rings is 1. The second-order valence-corrected chi connectivity index (χ2v) is 7.37. The molecule has 1 spiro atoms. The molecule has 140 valence electrons. The van der Waals surface area contributed by atoms with Crippen molar-refractivity contribution in [3.8, 4) is 0 Å². The Morgan fingerprint density at radius 2 is 1.92 bits per heavy atom. The zero-order chi connectivity index (χ0) is 18.4. The van der Waals surface area contributed by atoms with Crippen molar-refractivity contribution in [1.82, 2.24) is 15.3 Å². The first kappa shape index (κ1) is 17.3. The largest absolute Gasteiger partial charge is 0.393 e. The lowest BCUT2D eigenvalue weighted by Gasteiger charge is -2.53. The zero-order valence-corrected chi connectivity index (χ0v) is 14.7. The fourth-order valence-corrected chi connectivity index (χ4v) is 4.04. The van der Waals surface area contributed by atoms with Crippen molar-refractivity contribution < 1.29 is 13.2 Å². The van der Waals surface area contributed by atoms with Crippen LogP contribution in [0.15, 0.2) is 18.2 Å². The molecule has 2 aliphatic heterocycles. The smallest absolute Gasteiger partial charge is 0.357 e. The topological polar surface area (TPSA) is 53.1 Å². The molecule has 0 saturated carbocycles. The van der Waals surface area contributed by atoms with E-state index in [9.17, 15) is 13.2 Å². The summed E-state index contributed by atoms with van der Waals surface area (Å²) < 4.78 is 38.1. The highest BCUT2D eigenvalue weighted by atomic mass is 19.4. The van der Waals surface area contributed by atoms with Gasteiger partial charge in [-0.25, -0.2) is 4.98 Å². The molecule has 26 heavy (non-hydrogen) atoms. The molecule has 0 amide bonds. The molecular weight excluding hydrogens is 343 g/mol. The van der Waals surface area contributed by atoms with Gasteiger partial charge in [0.1, 0.15) is 5.82 Å². The summed E-state index contributed by atoms with van der Waals surface area (Å²) in [5.74, 6) is 1.24. The molecule has 0 radical (unpaired) electrons. The SMILES string of the molecule is CNc1nc(N2CC3(CCNCC3)C2)c2ccc(CC(F)(F)F)cc2n1. The molecule has 0 unspecified atom stereocenters. The highest BCUT2D eigenvalue weighted by Crippen LogP contribution is 2.42. The first-order valence-electron chi connectivity index (χ1n) is 8.88. The number of hydrogen-bond acceptors (Lipinski definition) is 5. The Labute approximate surface area is 150 Å². The van der Waals surface area contributed by atoms with Crippen molar-refractivity contribution >= 4 is 22.7 Å². The monoisotopic (exact) mass is 365 g/mol. The lowest BCUT2D eigenvalue weighted by atomic mass is 9.72. The molecule has 4 rings (SSSR count). The Morgan fingerprint density at radius 1 is 1.19 bits per heavy atom. The molecule has 5 nitrogen and oxygen atoms in total. The van der Waals surface area contributed by atoms with Gasteiger partial charge in [-0.05, 0) is 43.6 Å². The van der Waals surface area contributed by atoms with E-state index >= 15 is 0 Å². The fraction of sp³-hybridized carbons (Fsp3) is 0.556. The molecule has 1 aromatic heterocycles. The summed E-state index contributed by atoms with van der Waals surface area (Å²) in [6.07, 6.45) is -2.87. The second kappa shape index (κ2) is 6.26. The van der Waals surface area contributed by atoms with Crippen molar-refractivity contribution in [2.24, 2.45) is 5.41 Å². The number of nitrogens with one attached hydrogen (secondary N) is 2. The zero-order valence-electron chi connectivity index (χ0n) is 14.7. The van der Waals surface area contributed by atoms with Gasteiger partial charge in [-0.1, -0.05) is 6.07 Å². The number of nitrogens with zero attached hydrogens (tertiary/aromatic N) is 3. The predicted molar refractivity (Wildman–Crippen MR) is 95.6 cm³/mol. The maximum atomic E-state index is 12.7. The molecule has 2 saturated heterocycles. The van der Waals surface area contributed by atoms with E-state index in [0.29, 0.717) is 16.9 Å². The van der Waals surface area contributed by atoms with E-state index in [1.54, 1.807) is 13.1 Å². The predicted octanol–water partition coefficient (Wildman–Crippen LogP) is 2.97. The van der Waals surface area contributed by atoms with Gasteiger partial charge in [-0.2, -0.15) is 18.2 Å². The van der Waals surface area contributed by atoms with Gasteiger partial charge in [0.2, 0.25) is 5.95 Å². The first-order chi connectivity index (χ1) is 12.4. The van der Waals surface area contributed by atoms with Gasteiger partial charge in [0, 0.05) is 30.9 Å². The number of fused-ring (bicyclic) bond motifs is 1. The van der Waals surface area contributed by atoms with Crippen LogP contribution in [0.2, 0.25) is 0 Å². The summed E-state index contributed by atoms with van der Waals surface area (Å²) in [6.45, 7) is 3.96. The number of aromatic nitrogens is 2. The summed E-state index contributed by atoms with van der Waals surface area (Å²) in [5.41, 5.74) is 1.11. The molecule has 2 aromatic rings. The molecular formula is C18H22F3N5. The summed E-state index contributed by atoms with van der Waals surface area (Å²) in [5, 5.41) is 7.11. The van der Waals surface area contributed by atoms with Crippen LogP contribution < -0.4 is 15.5 Å². The minimum atomic E-state index is -4.23. The van der Waals surface area contributed by atoms with Crippen molar-refractivity contribution in [1.29, 1.82) is 0 Å². The minimum absolute atomic E-state index is 0.218. The van der Waals surface area contributed by atoms with E-state index in [2.05, 4.69) is 25.5 Å². The van der Waals surface area contributed by atoms with Crippen molar-refractivity contribution in [3.63, 3.8) is 0 Å². The maximum absolute atomic E-state index is 12.7. The molecule has 2 N–H and O–H groups in total. The van der Waals surface area contributed by atoms with Crippen LogP contribution in [0.3, 0.4) is 0 Å². The van der Waals surface area contributed by atoms with E-state index in [1.165, 1.54) is 12.1 Å². The van der Waals surface area contributed by atoms with Crippen molar-refractivity contribution in [2.45, 2.75) is 25.4 Å². The van der Waals surface area contributed by atoms with Crippen LogP contribution in [0.1, 0.15) is 18.4 Å². The number of rotatable bonds is 3. The maximum Gasteiger partial charge on any atom is 0.393 e. The quantitative estimate of drug-likeness (QED) is 0.876. The van der Waals surface area contributed by atoms with Gasteiger partial charge >= 0.3 is 6.18 Å². The Morgan fingerprint density at radius 3 is 2.58 bits per heavy atom. The molecule has 0 bridgehead atoms. The molecule has 3 heterocycles. The lowest BCUT2D eigenvalue weighted by Crippen LogP contribution is -2.60. The summed E-state index contributed by atoms with van der Waals surface area (Å²) in [4.78, 5) is 11.2. The van der Waals surface area contributed by atoms with E-state index in [4.69, 9.17) is 0 Å². The van der Waals surface area contributed by atoms with E-state index in [0.717, 1.165) is 50.2 Å². The average Bonchev–Trinajstić information content (AvgIpc) is 2.57. The summed E-state index contributed by atoms with van der Waals surface area (Å²) >= 11 is 0. The van der Waals surface area contributed by atoms with Crippen LogP contribution in [0.25, 0.3) is 10.9 Å². The molecule has 0 atom stereocenters. The number of benzene rings is 1. The van der Waals surface area contributed by atoms with E-state index in [1.807, 2.05) is 0 Å². The van der Waals surface area contributed by atoms with Gasteiger partial charge < -0.3 is 15.5 Å². The first-order valence-corrected chi connectivity index (χ1v) is 8.88. The van der Waals surface area contributed by atoms with Crippen molar-refractivity contribution in [3.05, 3.63) is 23.8 Å². The van der Waals surface area contributed by atoms with Crippen LogP contribution in [0.4, 0.5) is 24.9 Å². The van der Waals surface area contributed by atoms with E-state index in [-0.39, 0.29) is 5.56 Å². The Balaban J connectivity index is 1.66. The third-order valence-corrected chi connectivity index (χ3v) is 5.39. The molecule has 8 heteroatoms. The molecule has 1 aromatic carbocycles. The van der Waals surface area contributed by atoms with Gasteiger partial charge in [-0.15, -0.1) is 0 Å². The minimum Gasteiger partial charge on any atom is -0.357 e. The van der Waals surface area contributed by atoms with E-state index < -0.39 is 12.6 Å². The molecule has 2 fully saturated rings. The van der Waals surface area contributed by atoms with Crippen LogP contribution in [-0.4, -0.2) is 49.4 Å². The van der Waals surface area contributed by atoms with Gasteiger partial charge in [0.05, 0.1) is 11.9 Å². The highest BCUT2D eigenvalue weighted by molar-refractivity contribution is 5.91. The van der Waals surface area contributed by atoms with Crippen LogP contribution in [0, 0.1) is 5.41 Å². The van der Waals surface area contributed by atoms with Crippen LogP contribution in [0.5, 0.6) is 0 Å². The highest BCUT2D eigenvalue weighted by Gasteiger charge is 2.44. The fourth-order valence-electron chi connectivity index (χ4n) is 4.04. The number of anilines is 2. The Kier molecular flexibility index (Phi) is 4.17.